The lowest BCUT2D eigenvalue weighted by atomic mass is 10.2. The van der Waals surface area contributed by atoms with Crippen LogP contribution in [0.3, 0.4) is 0 Å². The number of nitrogens with zero attached hydrogens (tertiary/aromatic N) is 3. The quantitative estimate of drug-likeness (QED) is 0.799. The molecule has 0 aliphatic heterocycles. The minimum atomic E-state index is -0.713. The molecule has 0 saturated carbocycles. The lowest BCUT2D eigenvalue weighted by molar-refractivity contribution is -0.122. The predicted molar refractivity (Wildman–Crippen MR) is 80.7 cm³/mol. The van der Waals surface area contributed by atoms with Gasteiger partial charge in [-0.3, -0.25) is 9.48 Å². The molecule has 3 aromatic rings. The van der Waals surface area contributed by atoms with E-state index in [2.05, 4.69) is 15.6 Å². The van der Waals surface area contributed by atoms with E-state index < -0.39 is 6.10 Å². The van der Waals surface area contributed by atoms with Gasteiger partial charge in [-0.05, 0) is 26.0 Å². The zero-order valence-corrected chi connectivity index (χ0v) is 12.5. The highest BCUT2D eigenvalue weighted by Crippen LogP contribution is 2.24. The van der Waals surface area contributed by atoms with Crippen LogP contribution >= 0.6 is 0 Å². The highest BCUT2D eigenvalue weighted by atomic mass is 16.5. The molecule has 7 nitrogen and oxygen atoms in total. The maximum atomic E-state index is 12.1. The summed E-state index contributed by atoms with van der Waals surface area (Å²) in [5.41, 5.74) is 0.942. The number of nitrogens with one attached hydrogen (secondary N) is 1. The Morgan fingerprint density at radius 1 is 1.41 bits per heavy atom. The summed E-state index contributed by atoms with van der Waals surface area (Å²) in [5.74, 6) is 1.10. The molecule has 7 heteroatoms. The fourth-order valence-corrected chi connectivity index (χ4v) is 2.14. The van der Waals surface area contributed by atoms with E-state index in [1.54, 1.807) is 24.6 Å². The van der Waals surface area contributed by atoms with Crippen molar-refractivity contribution in [3.8, 4) is 5.88 Å². The van der Waals surface area contributed by atoms with Crippen LogP contribution in [0.1, 0.15) is 12.7 Å². The van der Waals surface area contributed by atoms with Crippen molar-refractivity contribution in [1.82, 2.24) is 14.9 Å². The van der Waals surface area contributed by atoms with Crippen LogP contribution in [0, 0.1) is 6.92 Å². The minimum absolute atomic E-state index is 0.317. The second-order valence-electron chi connectivity index (χ2n) is 5.02. The zero-order valence-electron chi connectivity index (χ0n) is 12.5. The number of carbonyl (C=O) groups excluding carboxylic acids is 1. The number of anilines is 1. The van der Waals surface area contributed by atoms with Crippen LogP contribution in [-0.2, 0) is 11.8 Å². The number of para-hydroxylation sites is 1. The number of amides is 1. The number of hydrogen-bond acceptors (Lipinski definition) is 5. The third-order valence-electron chi connectivity index (χ3n) is 3.26. The third-order valence-corrected chi connectivity index (χ3v) is 3.26. The van der Waals surface area contributed by atoms with E-state index in [1.165, 1.54) is 0 Å². The minimum Gasteiger partial charge on any atom is -0.463 e. The molecule has 1 amide bonds. The Bertz CT molecular complexity index is 821. The monoisotopic (exact) mass is 300 g/mol. The van der Waals surface area contributed by atoms with Crippen LogP contribution in [0.25, 0.3) is 10.9 Å². The Morgan fingerprint density at radius 2 is 2.18 bits per heavy atom. The SMILES string of the molecule is Cc1cc(NC(=O)[C@@H](C)Oc2nn(C)c3ccccc23)no1. The fourth-order valence-electron chi connectivity index (χ4n) is 2.14. The van der Waals surface area contributed by atoms with E-state index >= 15 is 0 Å². The van der Waals surface area contributed by atoms with Crippen molar-refractivity contribution in [1.29, 1.82) is 0 Å². The molecule has 2 heterocycles. The first-order valence-electron chi connectivity index (χ1n) is 6.87. The Morgan fingerprint density at radius 3 is 2.91 bits per heavy atom. The van der Waals surface area contributed by atoms with Crippen molar-refractivity contribution in [3.05, 3.63) is 36.1 Å². The van der Waals surface area contributed by atoms with Crippen molar-refractivity contribution in [2.45, 2.75) is 20.0 Å². The van der Waals surface area contributed by atoms with Gasteiger partial charge in [-0.15, -0.1) is 5.10 Å². The molecule has 1 atom stereocenters. The summed E-state index contributed by atoms with van der Waals surface area (Å²) < 4.78 is 12.3. The van der Waals surface area contributed by atoms with Gasteiger partial charge in [-0.25, -0.2) is 0 Å². The van der Waals surface area contributed by atoms with Gasteiger partial charge in [0.05, 0.1) is 10.9 Å². The van der Waals surface area contributed by atoms with Crippen molar-refractivity contribution < 1.29 is 14.1 Å². The van der Waals surface area contributed by atoms with E-state index in [-0.39, 0.29) is 5.91 Å². The average Bonchev–Trinajstić information content (AvgIpc) is 3.04. The molecule has 0 aliphatic carbocycles. The van der Waals surface area contributed by atoms with E-state index in [9.17, 15) is 4.79 Å². The van der Waals surface area contributed by atoms with E-state index in [0.29, 0.717) is 17.5 Å². The highest BCUT2D eigenvalue weighted by molar-refractivity contribution is 5.93. The van der Waals surface area contributed by atoms with Gasteiger partial charge < -0.3 is 14.6 Å². The molecule has 1 N–H and O–H groups in total. The van der Waals surface area contributed by atoms with Crippen molar-refractivity contribution in [2.75, 3.05) is 5.32 Å². The molecular formula is C15H16N4O3. The molecule has 0 fully saturated rings. The number of rotatable bonds is 4. The third kappa shape index (κ3) is 2.65. The van der Waals surface area contributed by atoms with Crippen molar-refractivity contribution in [2.24, 2.45) is 7.05 Å². The molecule has 2 aromatic heterocycles. The second-order valence-corrected chi connectivity index (χ2v) is 5.02. The van der Waals surface area contributed by atoms with Crippen LogP contribution in [0.4, 0.5) is 5.82 Å². The fraction of sp³-hybridized carbons (Fsp3) is 0.267. The molecule has 22 heavy (non-hydrogen) atoms. The number of aryl methyl sites for hydroxylation is 2. The number of aromatic nitrogens is 3. The van der Waals surface area contributed by atoms with Crippen LogP contribution in [0.5, 0.6) is 5.88 Å². The summed E-state index contributed by atoms with van der Waals surface area (Å²) in [4.78, 5) is 12.1. The second kappa shape index (κ2) is 5.51. The predicted octanol–water partition coefficient (Wildman–Crippen LogP) is 2.28. The van der Waals surface area contributed by atoms with Crippen LogP contribution in [0.15, 0.2) is 34.9 Å². The molecule has 0 radical (unpaired) electrons. The Hall–Kier alpha value is -2.83. The van der Waals surface area contributed by atoms with Crippen molar-refractivity contribution >= 4 is 22.6 Å². The molecule has 3 rings (SSSR count). The Labute approximate surface area is 126 Å². The average molecular weight is 300 g/mol. The van der Waals surface area contributed by atoms with E-state index in [0.717, 1.165) is 10.9 Å². The molecule has 0 bridgehead atoms. The van der Waals surface area contributed by atoms with Gasteiger partial charge in [0.15, 0.2) is 11.9 Å². The zero-order chi connectivity index (χ0) is 15.7. The first-order chi connectivity index (χ1) is 10.5. The standard InChI is InChI=1S/C15H16N4O3/c1-9-8-13(18-22-9)16-14(20)10(2)21-15-11-6-4-5-7-12(11)19(3)17-15/h4-8,10H,1-3H3,(H,16,18,20)/t10-/m1/s1. The van der Waals surface area contributed by atoms with Gasteiger partial charge in [0.2, 0.25) is 5.88 Å². The van der Waals surface area contributed by atoms with Crippen molar-refractivity contribution in [3.63, 3.8) is 0 Å². The Kier molecular flexibility index (Phi) is 3.54. The lowest BCUT2D eigenvalue weighted by Gasteiger charge is -2.11. The van der Waals surface area contributed by atoms with Crippen LogP contribution in [-0.4, -0.2) is 26.9 Å². The number of carbonyl (C=O) groups is 1. The normalized spacial score (nSPS) is 12.3. The summed E-state index contributed by atoms with van der Waals surface area (Å²) in [5, 5.41) is 11.5. The van der Waals surface area contributed by atoms with E-state index in [1.807, 2.05) is 31.3 Å². The highest BCUT2D eigenvalue weighted by Gasteiger charge is 2.19. The molecule has 0 unspecified atom stereocenters. The molecule has 0 spiro atoms. The summed E-state index contributed by atoms with van der Waals surface area (Å²) in [7, 11) is 1.83. The smallest absolute Gasteiger partial charge is 0.266 e. The van der Waals surface area contributed by atoms with Gasteiger partial charge >= 0.3 is 0 Å². The van der Waals surface area contributed by atoms with Gasteiger partial charge in [0.25, 0.3) is 5.91 Å². The van der Waals surface area contributed by atoms with Crippen LogP contribution < -0.4 is 10.1 Å². The van der Waals surface area contributed by atoms with Gasteiger partial charge in [-0.2, -0.15) is 0 Å². The molecule has 1 aromatic carbocycles. The Balaban J connectivity index is 1.75. The van der Waals surface area contributed by atoms with Gasteiger partial charge in [-0.1, -0.05) is 17.3 Å². The first kappa shape index (κ1) is 14.1. The molecule has 0 saturated heterocycles. The largest absolute Gasteiger partial charge is 0.463 e. The summed E-state index contributed by atoms with van der Waals surface area (Å²) >= 11 is 0. The number of ether oxygens (including phenoxy) is 1. The summed E-state index contributed by atoms with van der Waals surface area (Å²) in [6, 6.07) is 9.32. The molecule has 114 valence electrons. The maximum Gasteiger partial charge on any atom is 0.266 e. The topological polar surface area (TPSA) is 82.2 Å². The van der Waals surface area contributed by atoms with Crippen LogP contribution in [0.2, 0.25) is 0 Å². The number of benzene rings is 1. The van der Waals surface area contributed by atoms with E-state index in [4.69, 9.17) is 9.26 Å². The molecule has 0 aliphatic rings. The lowest BCUT2D eigenvalue weighted by Crippen LogP contribution is -2.30. The van der Waals surface area contributed by atoms with Gasteiger partial charge in [0.1, 0.15) is 5.76 Å². The summed E-state index contributed by atoms with van der Waals surface area (Å²) in [6.07, 6.45) is -0.713. The van der Waals surface area contributed by atoms with Gasteiger partial charge in [0, 0.05) is 13.1 Å². The number of fused-ring (bicyclic) bond motifs is 1. The number of hydrogen-bond donors (Lipinski definition) is 1. The molecular weight excluding hydrogens is 284 g/mol. The summed E-state index contributed by atoms with van der Waals surface area (Å²) in [6.45, 7) is 3.41. The maximum absolute atomic E-state index is 12.1. The first-order valence-corrected chi connectivity index (χ1v) is 6.87.